The molecule has 6 aromatic rings. The molecule has 0 aromatic heterocycles. The third-order valence-electron chi connectivity index (χ3n) is 14.5. The van der Waals surface area contributed by atoms with E-state index in [1.165, 1.54) is 103 Å². The van der Waals surface area contributed by atoms with Gasteiger partial charge in [-0.15, -0.1) is 0 Å². The number of benzene rings is 6. The Morgan fingerprint density at radius 1 is 0.500 bits per heavy atom. The average Bonchev–Trinajstić information content (AvgIpc) is 3.97. The van der Waals surface area contributed by atoms with E-state index in [-0.39, 0.29) is 7.25 Å². The molecule has 0 amide bonds. The summed E-state index contributed by atoms with van der Waals surface area (Å²) in [5.41, 5.74) is 21.9. The van der Waals surface area contributed by atoms with Crippen molar-refractivity contribution in [1.82, 2.24) is 0 Å². The van der Waals surface area contributed by atoms with Crippen LogP contribution in [-0.2, 0) is 29.2 Å². The van der Waals surface area contributed by atoms with E-state index in [1.807, 2.05) is 0 Å². The summed E-state index contributed by atoms with van der Waals surface area (Å²) >= 11 is -5.63. The molecule has 0 nitrogen and oxygen atoms in total. The molecule has 2 aliphatic carbocycles. The second-order valence-corrected chi connectivity index (χ2v) is 40.7. The Morgan fingerprint density at radius 2 is 0.950 bits per heavy atom. The Hall–Kier alpha value is -3.52. The zero-order chi connectivity index (χ0) is 42.1. The van der Waals surface area contributed by atoms with Crippen LogP contribution in [0.2, 0.25) is 0 Å². The summed E-state index contributed by atoms with van der Waals surface area (Å²) in [4.78, 5) is 0. The van der Waals surface area contributed by atoms with Crippen molar-refractivity contribution >= 4 is 52.3 Å². The van der Waals surface area contributed by atoms with Crippen LogP contribution in [0.4, 0.5) is 0 Å². The standard InChI is InChI=1S/2C22H25.C12H9Si.2ClH.Zr/c2*1-5-16-13-18-12-11-17(6-2)22(21(18)14-16)20-10-8-7-9-19(20)15(3)4;1-3-7-11-9(5-1)10-6-2-4-8-12(10)13-11;;;/h2*7-15H,5-6H2,1-4H3;1-7H,13H2;2*1H;/q;;;;;+2/p-2. The van der Waals surface area contributed by atoms with Crippen LogP contribution < -0.4 is 13.6 Å². The van der Waals surface area contributed by atoms with E-state index in [1.54, 1.807) is 0 Å². The predicted molar refractivity (Wildman–Crippen MR) is 264 cm³/mol. The summed E-state index contributed by atoms with van der Waals surface area (Å²) in [7, 11) is 17.9. The van der Waals surface area contributed by atoms with Crippen molar-refractivity contribution in [3.05, 3.63) is 171 Å². The van der Waals surface area contributed by atoms with Crippen molar-refractivity contribution < 1.29 is 16.4 Å². The molecule has 3 aliphatic rings. The number of rotatable bonds is 11. The van der Waals surface area contributed by atoms with Crippen molar-refractivity contribution in [3.8, 4) is 33.4 Å². The molecule has 0 radical (unpaired) electrons. The predicted octanol–water partition coefficient (Wildman–Crippen LogP) is 14.2. The van der Waals surface area contributed by atoms with Crippen molar-refractivity contribution in [1.29, 1.82) is 0 Å². The van der Waals surface area contributed by atoms with Crippen LogP contribution in [0.1, 0.15) is 132 Å². The molecule has 1 aliphatic heterocycles. The van der Waals surface area contributed by atoms with Crippen LogP contribution in [-0.4, -0.2) is 9.52 Å². The average molecular weight is 922 g/mol. The molecular weight excluding hydrogens is 863 g/mol. The maximum atomic E-state index is 9.38. The first kappa shape index (κ1) is 41.8. The van der Waals surface area contributed by atoms with Gasteiger partial charge in [-0.25, -0.2) is 0 Å². The number of fused-ring (bicyclic) bond motifs is 5. The molecule has 0 fully saturated rings. The van der Waals surface area contributed by atoms with Crippen molar-refractivity contribution in [3.63, 3.8) is 0 Å². The van der Waals surface area contributed by atoms with Gasteiger partial charge in [0.05, 0.1) is 0 Å². The molecule has 0 saturated heterocycles. The van der Waals surface area contributed by atoms with Crippen LogP contribution in [0.25, 0.3) is 45.5 Å². The van der Waals surface area contributed by atoms with Crippen LogP contribution in [0.5, 0.6) is 0 Å². The maximum absolute atomic E-state index is 9.38. The van der Waals surface area contributed by atoms with Gasteiger partial charge in [0.15, 0.2) is 0 Å². The normalized spacial score (nSPS) is 17.6. The second kappa shape index (κ2) is 16.0. The number of halogens is 2. The topological polar surface area (TPSA) is 0 Å². The Balaban J connectivity index is 1.39. The second-order valence-electron chi connectivity index (χ2n) is 18.2. The zero-order valence-corrected chi connectivity index (χ0v) is 42.1. The van der Waals surface area contributed by atoms with Gasteiger partial charge >= 0.3 is 373 Å². The summed E-state index contributed by atoms with van der Waals surface area (Å²) in [6, 6.07) is 44.0. The van der Waals surface area contributed by atoms with Crippen LogP contribution in [0, 0.1) is 0 Å². The van der Waals surface area contributed by atoms with Crippen molar-refractivity contribution in [2.75, 3.05) is 0 Å². The van der Waals surface area contributed by atoms with Crippen LogP contribution >= 0.6 is 17.0 Å². The summed E-state index contributed by atoms with van der Waals surface area (Å²) in [6.07, 6.45) is 8.82. The van der Waals surface area contributed by atoms with Gasteiger partial charge in [0.25, 0.3) is 0 Å². The summed E-state index contributed by atoms with van der Waals surface area (Å²) in [5.74, 6) is 0.793. The van der Waals surface area contributed by atoms with Gasteiger partial charge in [-0.2, -0.15) is 0 Å². The number of hydrogen-bond donors (Lipinski definition) is 0. The van der Waals surface area contributed by atoms with E-state index >= 15 is 0 Å². The Bertz CT molecular complexity index is 2610. The molecule has 9 rings (SSSR count). The Kier molecular flexibility index (Phi) is 11.1. The van der Waals surface area contributed by atoms with Crippen LogP contribution in [0.15, 0.2) is 126 Å². The van der Waals surface area contributed by atoms with Gasteiger partial charge in [0.1, 0.15) is 0 Å². The molecule has 0 N–H and O–H groups in total. The first-order valence-electron chi connectivity index (χ1n) is 22.6. The minimum atomic E-state index is -5.63. The molecule has 60 heavy (non-hydrogen) atoms. The first-order chi connectivity index (χ1) is 29.0. The minimum absolute atomic E-state index is 0.0852. The summed E-state index contributed by atoms with van der Waals surface area (Å²) < 4.78 is 1.14. The van der Waals surface area contributed by atoms with E-state index < -0.39 is 25.9 Å². The zero-order valence-electron chi connectivity index (χ0n) is 36.7. The summed E-state index contributed by atoms with van der Waals surface area (Å²) in [6.45, 7) is 18.6. The number of allylic oxidation sites excluding steroid dienone is 2. The molecule has 4 heteroatoms. The molecular formula is C56H59Cl2SiZr. The van der Waals surface area contributed by atoms with Gasteiger partial charge in [-0.3, -0.25) is 0 Å². The molecule has 2 atom stereocenters. The Morgan fingerprint density at radius 3 is 1.42 bits per heavy atom. The fourth-order valence-corrected chi connectivity index (χ4v) is 40.0. The summed E-state index contributed by atoms with van der Waals surface area (Å²) in [5, 5.41) is 2.98. The monoisotopic (exact) mass is 919 g/mol. The molecule has 305 valence electrons. The molecule has 6 aromatic carbocycles. The molecule has 0 saturated carbocycles. The fraction of sp³-hybridized carbons (Fsp3) is 0.286. The van der Waals surface area contributed by atoms with E-state index in [4.69, 9.17) is 0 Å². The van der Waals surface area contributed by atoms with E-state index in [0.29, 0.717) is 11.8 Å². The van der Waals surface area contributed by atoms with Crippen molar-refractivity contribution in [2.24, 2.45) is 0 Å². The Labute approximate surface area is 370 Å². The van der Waals surface area contributed by atoms with Gasteiger partial charge in [-0.1, -0.05) is 0 Å². The quantitative estimate of drug-likeness (QED) is 0.113. The van der Waals surface area contributed by atoms with Crippen molar-refractivity contribution in [2.45, 2.75) is 100 Å². The van der Waals surface area contributed by atoms with Gasteiger partial charge in [0, 0.05) is 0 Å². The van der Waals surface area contributed by atoms with E-state index in [2.05, 4.69) is 183 Å². The number of aryl methyl sites for hydroxylation is 2. The first-order valence-corrected chi connectivity index (χ1v) is 34.5. The third kappa shape index (κ3) is 6.28. The number of hydrogen-bond acceptors (Lipinski definition) is 0. The SMILES string of the molecule is CCC1=Cc2c(ccc(CC)c2-c2ccccc2C(C)C)[CH]1[Zr]([Cl])([Cl])([c]1cccc2c1[SiH2]c1ccccc1-2)[CH]1C(CC)=Cc2c1ccc(CC)c2-c1ccccc1C(C)C. The molecule has 1 heterocycles. The van der Waals surface area contributed by atoms with E-state index in [0.717, 1.165) is 25.7 Å². The molecule has 0 spiro atoms. The molecule has 0 bridgehead atoms. The van der Waals surface area contributed by atoms with Gasteiger partial charge in [-0.05, 0) is 0 Å². The van der Waals surface area contributed by atoms with E-state index in [9.17, 15) is 17.0 Å². The van der Waals surface area contributed by atoms with Crippen LogP contribution in [0.3, 0.4) is 0 Å². The third-order valence-corrected chi connectivity index (χ3v) is 37.3. The molecule has 2 unspecified atom stereocenters. The van der Waals surface area contributed by atoms with Gasteiger partial charge < -0.3 is 0 Å². The fourth-order valence-electron chi connectivity index (χ4n) is 11.7. The van der Waals surface area contributed by atoms with Gasteiger partial charge in [0.2, 0.25) is 0 Å².